The molecule has 20 heavy (non-hydrogen) atoms. The van der Waals surface area contributed by atoms with Gasteiger partial charge in [0.2, 0.25) is 0 Å². The fraction of sp³-hybridized carbons (Fsp3) is 0.500. The summed E-state index contributed by atoms with van der Waals surface area (Å²) in [5.74, 6) is 0.0520. The lowest BCUT2D eigenvalue weighted by atomic mass is 10.0. The van der Waals surface area contributed by atoms with Crippen LogP contribution in [-0.4, -0.2) is 63.1 Å². The fourth-order valence-corrected chi connectivity index (χ4v) is 3.32. The number of amides is 1. The van der Waals surface area contributed by atoms with Gasteiger partial charge in [0.05, 0.1) is 11.7 Å². The van der Waals surface area contributed by atoms with Gasteiger partial charge in [0.25, 0.3) is 5.91 Å². The third-order valence-corrected chi connectivity index (χ3v) is 4.48. The minimum Gasteiger partial charge on any atom is -0.333 e. The zero-order valence-electron chi connectivity index (χ0n) is 11.2. The van der Waals surface area contributed by atoms with Crippen LogP contribution in [0.1, 0.15) is 23.3 Å². The standard InChI is InChI=1S/C14H17N5O/c20-14(13-11-1-4-15-9-12(11)16-17-13)19-8-7-18-5-2-10(19)3-6-18/h1,4,9-10H,2-3,5-8H2,(H,16,17). The Morgan fingerprint density at radius 2 is 2.10 bits per heavy atom. The minimum atomic E-state index is 0.0520. The Balaban J connectivity index is 1.69. The molecule has 2 bridgehead atoms. The Morgan fingerprint density at radius 3 is 2.95 bits per heavy atom. The van der Waals surface area contributed by atoms with Gasteiger partial charge in [0.15, 0.2) is 5.69 Å². The first-order valence-corrected chi connectivity index (χ1v) is 7.14. The van der Waals surface area contributed by atoms with E-state index >= 15 is 0 Å². The monoisotopic (exact) mass is 271 g/mol. The van der Waals surface area contributed by atoms with E-state index in [0.717, 1.165) is 49.9 Å². The molecule has 2 aromatic heterocycles. The van der Waals surface area contributed by atoms with E-state index in [2.05, 4.69) is 20.1 Å². The van der Waals surface area contributed by atoms with E-state index in [-0.39, 0.29) is 5.91 Å². The molecule has 0 aliphatic carbocycles. The molecule has 0 aromatic carbocycles. The predicted octanol–water partition coefficient (Wildman–Crippen LogP) is 0.878. The second-order valence-corrected chi connectivity index (χ2v) is 5.56. The summed E-state index contributed by atoms with van der Waals surface area (Å²) in [4.78, 5) is 21.3. The van der Waals surface area contributed by atoms with Gasteiger partial charge in [0.1, 0.15) is 0 Å². The van der Waals surface area contributed by atoms with Crippen LogP contribution >= 0.6 is 0 Å². The maximum absolute atomic E-state index is 12.8. The van der Waals surface area contributed by atoms with Crippen LogP contribution in [0.25, 0.3) is 10.9 Å². The molecule has 6 nitrogen and oxygen atoms in total. The molecule has 0 spiro atoms. The molecule has 5 heterocycles. The largest absolute Gasteiger partial charge is 0.333 e. The molecule has 0 saturated carbocycles. The fourth-order valence-electron chi connectivity index (χ4n) is 3.32. The Bertz CT molecular complexity index is 644. The van der Waals surface area contributed by atoms with Crippen molar-refractivity contribution in [3.05, 3.63) is 24.2 Å². The van der Waals surface area contributed by atoms with Crippen molar-refractivity contribution in [2.24, 2.45) is 0 Å². The highest BCUT2D eigenvalue weighted by Gasteiger charge is 2.33. The van der Waals surface area contributed by atoms with Crippen LogP contribution in [0.15, 0.2) is 18.5 Å². The summed E-state index contributed by atoms with van der Waals surface area (Å²) in [6.07, 6.45) is 5.57. The molecule has 0 unspecified atom stereocenters. The van der Waals surface area contributed by atoms with E-state index in [4.69, 9.17) is 0 Å². The van der Waals surface area contributed by atoms with Gasteiger partial charge in [-0.15, -0.1) is 0 Å². The first kappa shape index (κ1) is 11.8. The number of carbonyl (C=O) groups excluding carboxylic acids is 1. The Hall–Kier alpha value is -1.95. The van der Waals surface area contributed by atoms with Crippen LogP contribution in [0.4, 0.5) is 0 Å². The zero-order valence-corrected chi connectivity index (χ0v) is 11.2. The van der Waals surface area contributed by atoms with Crippen molar-refractivity contribution in [1.29, 1.82) is 0 Å². The van der Waals surface area contributed by atoms with Crippen LogP contribution in [0, 0.1) is 0 Å². The molecule has 3 aliphatic rings. The van der Waals surface area contributed by atoms with Crippen LogP contribution < -0.4 is 0 Å². The number of carbonyl (C=O) groups is 1. The van der Waals surface area contributed by atoms with E-state index in [0.29, 0.717) is 11.7 Å². The summed E-state index contributed by atoms with van der Waals surface area (Å²) in [5.41, 5.74) is 1.35. The molecule has 1 N–H and O–H groups in total. The van der Waals surface area contributed by atoms with Gasteiger partial charge in [0, 0.05) is 43.8 Å². The summed E-state index contributed by atoms with van der Waals surface area (Å²) in [6, 6.07) is 2.22. The number of piperidine rings is 1. The number of rotatable bonds is 1. The summed E-state index contributed by atoms with van der Waals surface area (Å²) in [6.45, 7) is 4.01. The maximum atomic E-state index is 12.8. The summed E-state index contributed by atoms with van der Waals surface area (Å²) in [5, 5.41) is 7.98. The normalized spacial score (nSPS) is 25.9. The molecular formula is C14H17N5O. The maximum Gasteiger partial charge on any atom is 0.275 e. The van der Waals surface area contributed by atoms with Crippen LogP contribution in [-0.2, 0) is 0 Å². The van der Waals surface area contributed by atoms with Gasteiger partial charge >= 0.3 is 0 Å². The Morgan fingerprint density at radius 1 is 1.25 bits per heavy atom. The molecule has 3 saturated heterocycles. The third-order valence-electron chi connectivity index (χ3n) is 4.48. The Labute approximate surface area is 116 Å². The average molecular weight is 271 g/mol. The van der Waals surface area contributed by atoms with Crippen molar-refractivity contribution in [2.45, 2.75) is 18.9 Å². The molecule has 0 radical (unpaired) electrons. The molecular weight excluding hydrogens is 254 g/mol. The van der Waals surface area contributed by atoms with Gasteiger partial charge in [-0.1, -0.05) is 0 Å². The van der Waals surface area contributed by atoms with Gasteiger partial charge in [-0.05, 0) is 18.9 Å². The number of H-pyrrole nitrogens is 1. The molecule has 2 aromatic rings. The second-order valence-electron chi connectivity index (χ2n) is 5.56. The molecule has 0 atom stereocenters. The lowest BCUT2D eigenvalue weighted by molar-refractivity contribution is 0.0681. The first-order chi connectivity index (χ1) is 9.83. The number of aromatic amines is 1. The molecule has 3 fully saturated rings. The zero-order chi connectivity index (χ0) is 13.5. The van der Waals surface area contributed by atoms with Crippen LogP contribution in [0.2, 0.25) is 0 Å². The predicted molar refractivity (Wildman–Crippen MR) is 74.4 cm³/mol. The van der Waals surface area contributed by atoms with Gasteiger partial charge in [-0.2, -0.15) is 5.10 Å². The number of fused-ring (bicyclic) bond motifs is 5. The van der Waals surface area contributed by atoms with Crippen molar-refractivity contribution in [1.82, 2.24) is 25.0 Å². The second kappa shape index (κ2) is 4.56. The molecule has 5 rings (SSSR count). The number of pyridine rings is 1. The SMILES string of the molecule is O=C(c1n[nH]c2cnccc12)N1CCN2CCC1CC2. The molecule has 104 valence electrons. The number of nitrogens with one attached hydrogen (secondary N) is 1. The third kappa shape index (κ3) is 1.79. The summed E-state index contributed by atoms with van der Waals surface area (Å²) < 4.78 is 0. The Kier molecular flexibility index (Phi) is 2.70. The number of hydrogen-bond donors (Lipinski definition) is 1. The van der Waals surface area contributed by atoms with Crippen molar-refractivity contribution in [3.63, 3.8) is 0 Å². The van der Waals surface area contributed by atoms with E-state index in [1.807, 2.05) is 11.0 Å². The van der Waals surface area contributed by atoms with Gasteiger partial charge in [-0.3, -0.25) is 14.9 Å². The van der Waals surface area contributed by atoms with Crippen molar-refractivity contribution in [2.75, 3.05) is 26.2 Å². The average Bonchev–Trinajstić information content (AvgIpc) is 2.69. The van der Waals surface area contributed by atoms with Gasteiger partial charge < -0.3 is 9.80 Å². The van der Waals surface area contributed by atoms with Gasteiger partial charge in [-0.25, -0.2) is 0 Å². The van der Waals surface area contributed by atoms with Crippen LogP contribution in [0.3, 0.4) is 0 Å². The minimum absolute atomic E-state index is 0.0520. The molecule has 3 aliphatic heterocycles. The summed E-state index contributed by atoms with van der Waals surface area (Å²) in [7, 11) is 0. The molecule has 6 heteroatoms. The highest BCUT2D eigenvalue weighted by molar-refractivity contribution is 6.04. The first-order valence-electron chi connectivity index (χ1n) is 7.14. The summed E-state index contributed by atoms with van der Waals surface area (Å²) >= 11 is 0. The highest BCUT2D eigenvalue weighted by Crippen LogP contribution is 2.24. The smallest absolute Gasteiger partial charge is 0.275 e. The van der Waals surface area contributed by atoms with E-state index in [1.54, 1.807) is 12.4 Å². The number of hydrogen-bond acceptors (Lipinski definition) is 4. The van der Waals surface area contributed by atoms with E-state index < -0.39 is 0 Å². The lowest BCUT2D eigenvalue weighted by Crippen LogP contribution is -2.41. The topological polar surface area (TPSA) is 65.1 Å². The van der Waals surface area contributed by atoms with Crippen molar-refractivity contribution < 1.29 is 4.79 Å². The lowest BCUT2D eigenvalue weighted by Gasteiger charge is -2.31. The van der Waals surface area contributed by atoms with Crippen LogP contribution in [0.5, 0.6) is 0 Å². The van der Waals surface area contributed by atoms with Crippen molar-refractivity contribution in [3.8, 4) is 0 Å². The molecule has 1 amide bonds. The highest BCUT2D eigenvalue weighted by atomic mass is 16.2. The van der Waals surface area contributed by atoms with Crippen molar-refractivity contribution >= 4 is 16.8 Å². The van der Waals surface area contributed by atoms with E-state index in [9.17, 15) is 4.79 Å². The number of aromatic nitrogens is 3. The number of nitrogens with zero attached hydrogens (tertiary/aromatic N) is 4. The quantitative estimate of drug-likeness (QED) is 0.836. The van der Waals surface area contributed by atoms with E-state index in [1.165, 1.54) is 0 Å².